The third-order valence-electron chi connectivity index (χ3n) is 2.83. The van der Waals surface area contributed by atoms with E-state index in [1.165, 1.54) is 13.2 Å². The second-order valence-electron chi connectivity index (χ2n) is 4.14. The molecule has 1 aromatic carbocycles. The second-order valence-corrected chi connectivity index (χ2v) is 4.55. The Kier molecular flexibility index (Phi) is 3.45. The Morgan fingerprint density at radius 3 is 2.90 bits per heavy atom. The van der Waals surface area contributed by atoms with Gasteiger partial charge in [-0.2, -0.15) is 4.98 Å². The van der Waals surface area contributed by atoms with Gasteiger partial charge in [-0.15, -0.1) is 0 Å². The van der Waals surface area contributed by atoms with E-state index >= 15 is 0 Å². The lowest BCUT2D eigenvalue weighted by atomic mass is 10.2. The number of pyridine rings is 1. The Labute approximate surface area is 125 Å². The molecule has 3 aromatic rings. The maximum atomic E-state index is 9.89. The largest absolute Gasteiger partial charge is 0.507 e. The molecule has 0 saturated carbocycles. The molecule has 7 heteroatoms. The van der Waals surface area contributed by atoms with E-state index in [2.05, 4.69) is 15.1 Å². The molecule has 0 atom stereocenters. The second kappa shape index (κ2) is 5.41. The predicted molar refractivity (Wildman–Crippen MR) is 76.2 cm³/mol. The van der Waals surface area contributed by atoms with E-state index in [0.29, 0.717) is 22.0 Å². The summed E-state index contributed by atoms with van der Waals surface area (Å²) in [4.78, 5) is 8.32. The number of aromatic hydroxyl groups is 1. The molecule has 0 spiro atoms. The molecule has 0 amide bonds. The molecule has 1 N–H and O–H groups in total. The third-order valence-corrected chi connectivity index (χ3v) is 3.14. The summed E-state index contributed by atoms with van der Waals surface area (Å²) in [6, 6.07) is 8.12. The van der Waals surface area contributed by atoms with Crippen LogP contribution in [-0.4, -0.2) is 27.3 Å². The van der Waals surface area contributed by atoms with Gasteiger partial charge in [0.15, 0.2) is 0 Å². The lowest BCUT2D eigenvalue weighted by Gasteiger charge is -2.03. The highest BCUT2D eigenvalue weighted by molar-refractivity contribution is 6.32. The molecule has 2 heterocycles. The number of hydrogen-bond donors (Lipinski definition) is 1. The number of halogens is 1. The van der Waals surface area contributed by atoms with Gasteiger partial charge in [0, 0.05) is 6.20 Å². The summed E-state index contributed by atoms with van der Waals surface area (Å²) in [5.41, 5.74) is 0.789. The molecule has 0 saturated heterocycles. The fourth-order valence-corrected chi connectivity index (χ4v) is 2.00. The average molecular weight is 304 g/mol. The summed E-state index contributed by atoms with van der Waals surface area (Å²) in [6.45, 7) is 0. The van der Waals surface area contributed by atoms with Crippen molar-refractivity contribution in [1.82, 2.24) is 15.1 Å². The minimum absolute atomic E-state index is 0.0121. The molecular formula is C14H10ClN3O3. The molecule has 0 fully saturated rings. The van der Waals surface area contributed by atoms with Crippen molar-refractivity contribution in [2.75, 3.05) is 7.11 Å². The number of nitrogens with zero attached hydrogens (tertiary/aromatic N) is 3. The number of aromatic nitrogens is 3. The van der Waals surface area contributed by atoms with E-state index in [1.807, 2.05) is 0 Å². The van der Waals surface area contributed by atoms with E-state index in [4.69, 9.17) is 20.9 Å². The average Bonchev–Trinajstić information content (AvgIpc) is 2.97. The number of phenols is 1. The predicted octanol–water partition coefficient (Wildman–Crippen LogP) is 3.17. The topological polar surface area (TPSA) is 81.3 Å². The van der Waals surface area contributed by atoms with E-state index in [9.17, 15) is 5.11 Å². The fraction of sp³-hybridized carbons (Fsp3) is 0.0714. The molecule has 0 radical (unpaired) electrons. The molecule has 2 aromatic heterocycles. The molecule has 21 heavy (non-hydrogen) atoms. The van der Waals surface area contributed by atoms with Crippen LogP contribution in [0.1, 0.15) is 0 Å². The van der Waals surface area contributed by atoms with Crippen LogP contribution in [0.3, 0.4) is 0 Å². The van der Waals surface area contributed by atoms with Gasteiger partial charge in [0.1, 0.15) is 17.2 Å². The van der Waals surface area contributed by atoms with Gasteiger partial charge in [0.05, 0.1) is 17.7 Å². The first-order chi connectivity index (χ1) is 10.2. The highest BCUT2D eigenvalue weighted by atomic mass is 35.5. The van der Waals surface area contributed by atoms with Crippen molar-refractivity contribution in [2.45, 2.75) is 0 Å². The normalized spacial score (nSPS) is 10.6. The quantitative estimate of drug-likeness (QED) is 0.800. The zero-order valence-electron chi connectivity index (χ0n) is 10.9. The molecule has 0 bridgehead atoms. The van der Waals surface area contributed by atoms with Gasteiger partial charge in [-0.1, -0.05) is 16.8 Å². The minimum atomic E-state index is 0.0121. The summed E-state index contributed by atoms with van der Waals surface area (Å²) >= 11 is 6.04. The van der Waals surface area contributed by atoms with Crippen molar-refractivity contribution < 1.29 is 14.4 Å². The Bertz CT molecular complexity index is 789. The number of rotatable bonds is 3. The van der Waals surface area contributed by atoms with E-state index in [0.717, 1.165) is 0 Å². The van der Waals surface area contributed by atoms with Gasteiger partial charge in [-0.25, -0.2) is 0 Å². The van der Waals surface area contributed by atoms with Crippen molar-refractivity contribution in [3.8, 4) is 34.5 Å². The van der Waals surface area contributed by atoms with Crippen molar-refractivity contribution in [2.24, 2.45) is 0 Å². The smallest absolute Gasteiger partial charge is 0.262 e. The van der Waals surface area contributed by atoms with Gasteiger partial charge in [-0.3, -0.25) is 4.98 Å². The maximum absolute atomic E-state index is 9.89. The summed E-state index contributed by atoms with van der Waals surface area (Å²) in [6.07, 6.45) is 1.58. The van der Waals surface area contributed by atoms with Crippen LogP contribution in [0.25, 0.3) is 23.0 Å². The van der Waals surface area contributed by atoms with Crippen molar-refractivity contribution in [3.63, 3.8) is 0 Å². The van der Waals surface area contributed by atoms with Crippen molar-refractivity contribution >= 4 is 11.6 Å². The van der Waals surface area contributed by atoms with Crippen molar-refractivity contribution in [3.05, 3.63) is 41.6 Å². The van der Waals surface area contributed by atoms with Crippen LogP contribution in [0.15, 0.2) is 41.1 Å². The van der Waals surface area contributed by atoms with Crippen LogP contribution in [-0.2, 0) is 0 Å². The summed E-state index contributed by atoms with van der Waals surface area (Å²) < 4.78 is 10.3. The Morgan fingerprint density at radius 2 is 2.14 bits per heavy atom. The fourth-order valence-electron chi connectivity index (χ4n) is 1.79. The van der Waals surface area contributed by atoms with Gasteiger partial charge in [0.25, 0.3) is 5.89 Å². The van der Waals surface area contributed by atoms with Crippen molar-refractivity contribution in [1.29, 1.82) is 0 Å². The SMILES string of the molecule is COc1ccc(O)c(-c2nc(-c3ncccc3Cl)no2)c1. The zero-order chi connectivity index (χ0) is 14.8. The molecular weight excluding hydrogens is 294 g/mol. The third kappa shape index (κ3) is 2.53. The molecule has 0 aliphatic carbocycles. The monoisotopic (exact) mass is 303 g/mol. The van der Waals surface area contributed by atoms with Crippen LogP contribution in [0, 0.1) is 0 Å². The Morgan fingerprint density at radius 1 is 1.29 bits per heavy atom. The summed E-state index contributed by atoms with van der Waals surface area (Å²) in [7, 11) is 1.53. The highest BCUT2D eigenvalue weighted by Crippen LogP contribution is 2.33. The van der Waals surface area contributed by atoms with Gasteiger partial charge >= 0.3 is 0 Å². The van der Waals surface area contributed by atoms with Crippen LogP contribution >= 0.6 is 11.6 Å². The van der Waals surface area contributed by atoms with Gasteiger partial charge in [-0.05, 0) is 30.3 Å². The lowest BCUT2D eigenvalue weighted by molar-refractivity contribution is 0.408. The van der Waals surface area contributed by atoms with Gasteiger partial charge < -0.3 is 14.4 Å². The molecule has 106 valence electrons. The standard InChI is InChI=1S/C14H10ClN3O3/c1-20-8-4-5-11(19)9(7-8)14-17-13(18-21-14)12-10(15)3-2-6-16-12/h2-7,19H,1H3. The molecule has 3 rings (SSSR count). The summed E-state index contributed by atoms with van der Waals surface area (Å²) in [5, 5.41) is 14.1. The van der Waals surface area contributed by atoms with E-state index in [-0.39, 0.29) is 17.5 Å². The van der Waals surface area contributed by atoms with Gasteiger partial charge in [0.2, 0.25) is 5.82 Å². The number of benzene rings is 1. The minimum Gasteiger partial charge on any atom is -0.507 e. The van der Waals surface area contributed by atoms with Crippen LogP contribution in [0.2, 0.25) is 5.02 Å². The molecule has 0 aliphatic heterocycles. The van der Waals surface area contributed by atoms with E-state index < -0.39 is 0 Å². The first-order valence-electron chi connectivity index (χ1n) is 6.01. The van der Waals surface area contributed by atoms with Crippen LogP contribution in [0.5, 0.6) is 11.5 Å². The van der Waals surface area contributed by atoms with Crippen LogP contribution < -0.4 is 4.74 Å². The first-order valence-corrected chi connectivity index (χ1v) is 6.39. The number of phenolic OH excluding ortho intramolecular Hbond substituents is 1. The molecule has 0 unspecified atom stereocenters. The summed E-state index contributed by atoms with van der Waals surface area (Å²) in [5.74, 6) is 0.984. The molecule has 6 nitrogen and oxygen atoms in total. The first kappa shape index (κ1) is 13.4. The Hall–Kier alpha value is -2.60. The number of hydrogen-bond acceptors (Lipinski definition) is 6. The Balaban J connectivity index is 2.05. The maximum Gasteiger partial charge on any atom is 0.262 e. The van der Waals surface area contributed by atoms with Crippen LogP contribution in [0.4, 0.5) is 0 Å². The zero-order valence-corrected chi connectivity index (χ0v) is 11.7. The number of ether oxygens (including phenoxy) is 1. The van der Waals surface area contributed by atoms with E-state index in [1.54, 1.807) is 30.5 Å². The molecule has 0 aliphatic rings. The number of methoxy groups -OCH3 is 1. The lowest BCUT2D eigenvalue weighted by Crippen LogP contribution is -1.87. The highest BCUT2D eigenvalue weighted by Gasteiger charge is 2.17.